The number of benzene rings is 1. The van der Waals surface area contributed by atoms with Crippen LogP contribution in [0.25, 0.3) is 0 Å². The Labute approximate surface area is 140 Å². The van der Waals surface area contributed by atoms with Gasteiger partial charge in [0.05, 0.1) is 12.5 Å². The third-order valence-corrected chi connectivity index (χ3v) is 4.48. The molecule has 22 heavy (non-hydrogen) atoms. The van der Waals surface area contributed by atoms with Crippen molar-refractivity contribution in [2.75, 3.05) is 19.7 Å². The van der Waals surface area contributed by atoms with Gasteiger partial charge in [-0.25, -0.2) is 0 Å². The van der Waals surface area contributed by atoms with Crippen molar-refractivity contribution in [2.24, 2.45) is 5.92 Å². The molecule has 0 radical (unpaired) electrons. The van der Waals surface area contributed by atoms with E-state index in [-0.39, 0.29) is 17.8 Å². The van der Waals surface area contributed by atoms with E-state index in [4.69, 9.17) is 4.74 Å². The number of rotatable bonds is 5. The Morgan fingerprint density at radius 2 is 2.05 bits per heavy atom. The smallest absolute Gasteiger partial charge is 0.309 e. The van der Waals surface area contributed by atoms with Crippen LogP contribution in [0.15, 0.2) is 28.7 Å². The van der Waals surface area contributed by atoms with Crippen LogP contribution in [0.1, 0.15) is 31.7 Å². The fourth-order valence-corrected chi connectivity index (χ4v) is 3.17. The van der Waals surface area contributed by atoms with Crippen LogP contribution in [0.5, 0.6) is 0 Å². The summed E-state index contributed by atoms with van der Waals surface area (Å²) in [5.41, 5.74) is 1.16. The number of carbonyl (C=O) groups excluding carboxylic acids is 2. The van der Waals surface area contributed by atoms with Crippen LogP contribution in [0.3, 0.4) is 0 Å². The van der Waals surface area contributed by atoms with Crippen molar-refractivity contribution >= 4 is 27.8 Å². The first kappa shape index (κ1) is 17.0. The average molecular weight is 368 g/mol. The predicted octanol–water partition coefficient (Wildman–Crippen LogP) is 3.18. The van der Waals surface area contributed by atoms with Gasteiger partial charge in [-0.15, -0.1) is 0 Å². The molecule has 1 fully saturated rings. The van der Waals surface area contributed by atoms with Crippen LogP contribution in [0.2, 0.25) is 0 Å². The fraction of sp³-hybridized carbons (Fsp3) is 0.529. The van der Waals surface area contributed by atoms with Gasteiger partial charge in [0.1, 0.15) is 0 Å². The van der Waals surface area contributed by atoms with Crippen molar-refractivity contribution in [1.29, 1.82) is 0 Å². The van der Waals surface area contributed by atoms with Crippen molar-refractivity contribution in [2.45, 2.75) is 32.6 Å². The van der Waals surface area contributed by atoms with E-state index in [2.05, 4.69) is 15.9 Å². The number of halogens is 1. The lowest BCUT2D eigenvalue weighted by Crippen LogP contribution is -2.40. The van der Waals surface area contributed by atoms with Gasteiger partial charge < -0.3 is 9.64 Å². The molecule has 1 aliphatic heterocycles. The predicted molar refractivity (Wildman–Crippen MR) is 88.4 cm³/mol. The second-order valence-corrected chi connectivity index (χ2v) is 6.45. The molecule has 2 rings (SSSR count). The van der Waals surface area contributed by atoms with Gasteiger partial charge in [0.25, 0.3) is 0 Å². The molecule has 0 aliphatic carbocycles. The number of esters is 1. The van der Waals surface area contributed by atoms with Gasteiger partial charge in [-0.1, -0.05) is 28.1 Å². The highest BCUT2D eigenvalue weighted by Crippen LogP contribution is 2.20. The summed E-state index contributed by atoms with van der Waals surface area (Å²) < 4.78 is 6.08. The van der Waals surface area contributed by atoms with Gasteiger partial charge in [-0.3, -0.25) is 9.59 Å². The molecule has 1 amide bonds. The van der Waals surface area contributed by atoms with Gasteiger partial charge in [0, 0.05) is 24.0 Å². The van der Waals surface area contributed by atoms with Gasteiger partial charge in [0.15, 0.2) is 0 Å². The zero-order valence-corrected chi connectivity index (χ0v) is 14.5. The molecule has 1 aromatic carbocycles. The Balaban J connectivity index is 1.76. The molecule has 1 saturated heterocycles. The zero-order chi connectivity index (χ0) is 15.9. The molecule has 0 saturated carbocycles. The molecule has 0 spiro atoms. The molecule has 120 valence electrons. The first-order chi connectivity index (χ1) is 10.6. The van der Waals surface area contributed by atoms with E-state index in [1.54, 1.807) is 0 Å². The number of carbonyl (C=O) groups is 2. The van der Waals surface area contributed by atoms with Crippen LogP contribution in [-0.2, 0) is 20.7 Å². The summed E-state index contributed by atoms with van der Waals surface area (Å²) in [4.78, 5) is 25.8. The van der Waals surface area contributed by atoms with E-state index in [0.717, 1.165) is 16.5 Å². The summed E-state index contributed by atoms with van der Waals surface area (Å²) in [6.45, 7) is 3.55. The maximum Gasteiger partial charge on any atom is 0.309 e. The van der Waals surface area contributed by atoms with Crippen LogP contribution >= 0.6 is 15.9 Å². The van der Waals surface area contributed by atoms with E-state index in [1.165, 1.54) is 0 Å². The number of piperidine rings is 1. The lowest BCUT2D eigenvalue weighted by molar-refractivity contribution is -0.151. The molecule has 1 heterocycles. The number of likely N-dealkylation sites (tertiary alicyclic amines) is 1. The first-order valence-corrected chi connectivity index (χ1v) is 8.58. The minimum Gasteiger partial charge on any atom is -0.466 e. The number of amides is 1. The quantitative estimate of drug-likeness (QED) is 0.750. The van der Waals surface area contributed by atoms with Crippen LogP contribution < -0.4 is 0 Å². The minimum atomic E-state index is -0.122. The van der Waals surface area contributed by atoms with Crippen LogP contribution in [0.4, 0.5) is 0 Å². The van der Waals surface area contributed by atoms with E-state index < -0.39 is 0 Å². The highest BCUT2D eigenvalue weighted by molar-refractivity contribution is 9.10. The third kappa shape index (κ3) is 4.83. The van der Waals surface area contributed by atoms with Crippen molar-refractivity contribution in [1.82, 2.24) is 4.90 Å². The summed E-state index contributed by atoms with van der Waals surface area (Å²) in [5.74, 6) is 0.0000906. The Bertz CT molecular complexity index is 524. The fourth-order valence-electron chi connectivity index (χ4n) is 2.73. The van der Waals surface area contributed by atoms with Gasteiger partial charge in [-0.05, 0) is 43.9 Å². The molecule has 0 atom stereocenters. The summed E-state index contributed by atoms with van der Waals surface area (Å²) in [6.07, 6.45) is 2.68. The second-order valence-electron chi connectivity index (χ2n) is 5.54. The van der Waals surface area contributed by atoms with Crippen molar-refractivity contribution < 1.29 is 14.3 Å². The molecule has 0 unspecified atom stereocenters. The molecular weight excluding hydrogens is 346 g/mol. The number of hydrogen-bond donors (Lipinski definition) is 0. The van der Waals surface area contributed by atoms with Crippen molar-refractivity contribution in [3.05, 3.63) is 34.3 Å². The summed E-state index contributed by atoms with van der Waals surface area (Å²) in [5, 5.41) is 0. The van der Waals surface area contributed by atoms with Gasteiger partial charge in [0.2, 0.25) is 5.91 Å². The summed E-state index contributed by atoms with van der Waals surface area (Å²) >= 11 is 3.44. The SMILES string of the molecule is CCOC(=O)C1CCN(C(=O)CCc2cccc(Br)c2)CC1. The monoisotopic (exact) mass is 367 g/mol. The van der Waals surface area contributed by atoms with Crippen LogP contribution in [-0.4, -0.2) is 36.5 Å². The lowest BCUT2D eigenvalue weighted by Gasteiger charge is -2.31. The van der Waals surface area contributed by atoms with E-state index >= 15 is 0 Å². The van der Waals surface area contributed by atoms with E-state index in [1.807, 2.05) is 36.1 Å². The van der Waals surface area contributed by atoms with Gasteiger partial charge >= 0.3 is 5.97 Å². The maximum atomic E-state index is 12.3. The Morgan fingerprint density at radius 1 is 1.32 bits per heavy atom. The molecule has 4 nitrogen and oxygen atoms in total. The topological polar surface area (TPSA) is 46.6 Å². The molecule has 1 aromatic rings. The Hall–Kier alpha value is -1.36. The lowest BCUT2D eigenvalue weighted by atomic mass is 9.96. The van der Waals surface area contributed by atoms with E-state index in [9.17, 15) is 9.59 Å². The van der Waals surface area contributed by atoms with E-state index in [0.29, 0.717) is 39.0 Å². The minimum absolute atomic E-state index is 0.0471. The average Bonchev–Trinajstić information content (AvgIpc) is 2.53. The highest BCUT2D eigenvalue weighted by Gasteiger charge is 2.27. The zero-order valence-electron chi connectivity index (χ0n) is 12.9. The number of nitrogens with zero attached hydrogens (tertiary/aromatic N) is 1. The third-order valence-electron chi connectivity index (χ3n) is 3.98. The summed E-state index contributed by atoms with van der Waals surface area (Å²) in [7, 11) is 0. The Kier molecular flexibility index (Phi) is 6.43. The number of aryl methyl sites for hydroxylation is 1. The number of hydrogen-bond acceptors (Lipinski definition) is 3. The molecule has 1 aliphatic rings. The summed E-state index contributed by atoms with van der Waals surface area (Å²) in [6, 6.07) is 8.03. The largest absolute Gasteiger partial charge is 0.466 e. The maximum absolute atomic E-state index is 12.3. The molecule has 0 bridgehead atoms. The molecule has 0 N–H and O–H groups in total. The molecule has 5 heteroatoms. The molecule has 0 aromatic heterocycles. The number of ether oxygens (including phenoxy) is 1. The Morgan fingerprint density at radius 3 is 2.68 bits per heavy atom. The standard InChI is InChI=1S/C17H22BrNO3/c1-2-22-17(21)14-8-10-19(11-9-14)16(20)7-6-13-4-3-5-15(18)12-13/h3-5,12,14H,2,6-11H2,1H3. The second kappa shape index (κ2) is 8.32. The first-order valence-electron chi connectivity index (χ1n) is 7.79. The molecular formula is C17H22BrNO3. The van der Waals surface area contributed by atoms with Crippen molar-refractivity contribution in [3.63, 3.8) is 0 Å². The van der Waals surface area contributed by atoms with Crippen LogP contribution in [0, 0.1) is 5.92 Å². The van der Waals surface area contributed by atoms with Crippen molar-refractivity contribution in [3.8, 4) is 0 Å². The normalized spacial score (nSPS) is 15.6. The highest BCUT2D eigenvalue weighted by atomic mass is 79.9. The van der Waals surface area contributed by atoms with Gasteiger partial charge in [-0.2, -0.15) is 0 Å².